The summed E-state index contributed by atoms with van der Waals surface area (Å²) >= 11 is 0. The minimum atomic E-state index is -0.532. The Balaban J connectivity index is 3.42. The first-order valence-electron chi connectivity index (χ1n) is 6.28. The van der Waals surface area contributed by atoms with Gasteiger partial charge in [-0.05, 0) is 31.5 Å². The number of nitrogens with zero attached hydrogens (tertiary/aromatic N) is 5. The van der Waals surface area contributed by atoms with Crippen LogP contribution in [0.25, 0.3) is 0 Å². The van der Waals surface area contributed by atoms with Gasteiger partial charge in [-0.15, -0.1) is 10.2 Å². The number of nitro groups is 1. The fourth-order valence-electron chi connectivity index (χ4n) is 1.59. The van der Waals surface area contributed by atoms with Crippen LogP contribution in [-0.2, 0) is 0 Å². The third-order valence-corrected chi connectivity index (χ3v) is 2.63. The molecular weight excluding hydrogens is 302 g/mol. The average Bonchev–Trinajstić information content (AvgIpc) is 2.49. The van der Waals surface area contributed by atoms with Crippen LogP contribution in [0.2, 0.25) is 0 Å². The van der Waals surface area contributed by atoms with Crippen molar-refractivity contribution in [2.75, 3.05) is 0 Å². The van der Waals surface area contributed by atoms with Gasteiger partial charge < -0.3 is 22.9 Å². The Labute approximate surface area is 131 Å². The zero-order valence-electron chi connectivity index (χ0n) is 12.6. The van der Waals surface area contributed by atoms with E-state index in [2.05, 4.69) is 20.4 Å². The third-order valence-electron chi connectivity index (χ3n) is 2.63. The summed E-state index contributed by atoms with van der Waals surface area (Å²) in [6.07, 6.45) is 0. The predicted molar refractivity (Wildman–Crippen MR) is 89.1 cm³/mol. The second-order valence-corrected chi connectivity index (χ2v) is 4.41. The summed E-state index contributed by atoms with van der Waals surface area (Å²) in [6, 6.07) is 4.38. The van der Waals surface area contributed by atoms with Crippen LogP contribution >= 0.6 is 0 Å². The molecule has 0 unspecified atom stereocenters. The minimum absolute atomic E-state index is 0.143. The smallest absolute Gasteiger partial charge is 0.278 e. The molecule has 0 aliphatic heterocycles. The molecule has 0 heterocycles. The average molecular weight is 319 g/mol. The first kappa shape index (κ1) is 17.6. The topological polar surface area (TPSA) is 197 Å². The molecular formula is C12H17N9O2. The zero-order chi connectivity index (χ0) is 17.6. The molecule has 11 heteroatoms. The molecule has 1 rings (SSSR count). The highest BCUT2D eigenvalue weighted by atomic mass is 16.6. The Morgan fingerprint density at radius 2 is 1.48 bits per heavy atom. The molecule has 0 aromatic heterocycles. The van der Waals surface area contributed by atoms with E-state index in [0.717, 1.165) is 0 Å². The van der Waals surface area contributed by atoms with Gasteiger partial charge in [-0.1, -0.05) is 0 Å². The van der Waals surface area contributed by atoms with E-state index in [9.17, 15) is 10.1 Å². The molecule has 11 nitrogen and oxygen atoms in total. The SMILES string of the molecule is C/C(=N\N=C(N)N)c1ccc([N+](=O)[O-])c(/C(C)=N/N=C(N)N)c1. The number of nitrogens with two attached hydrogens (primary N) is 4. The molecule has 122 valence electrons. The molecule has 0 atom stereocenters. The van der Waals surface area contributed by atoms with Crippen molar-refractivity contribution in [2.24, 2.45) is 43.3 Å². The van der Waals surface area contributed by atoms with Crippen LogP contribution in [0.3, 0.4) is 0 Å². The molecule has 0 radical (unpaired) electrons. The Morgan fingerprint density at radius 1 is 0.957 bits per heavy atom. The van der Waals surface area contributed by atoms with Gasteiger partial charge in [-0.3, -0.25) is 10.1 Å². The maximum Gasteiger partial charge on any atom is 0.278 e. The van der Waals surface area contributed by atoms with Gasteiger partial charge in [0.25, 0.3) is 5.69 Å². The summed E-state index contributed by atoms with van der Waals surface area (Å²) in [4.78, 5) is 10.6. The standard InChI is InChI=1S/C12H17N9O2/c1-6(17-19-11(13)14)8-3-4-10(21(22)23)9(5-8)7(2)18-20-12(15)16/h3-5H,1-2H3,(H4,13,14,19)(H4,15,16,20)/b17-6+,18-7+. The fraction of sp³-hybridized carbons (Fsp3) is 0.167. The predicted octanol–water partition coefficient (Wildman–Crippen LogP) is -0.410. The number of rotatable bonds is 5. The lowest BCUT2D eigenvalue weighted by Crippen LogP contribution is -2.22. The first-order valence-corrected chi connectivity index (χ1v) is 6.28. The molecule has 0 aliphatic rings. The molecule has 0 fully saturated rings. The van der Waals surface area contributed by atoms with Crippen LogP contribution in [-0.4, -0.2) is 28.3 Å². The maximum absolute atomic E-state index is 11.1. The normalized spacial score (nSPS) is 11.7. The van der Waals surface area contributed by atoms with Crippen LogP contribution in [0, 0.1) is 10.1 Å². The van der Waals surface area contributed by atoms with E-state index in [0.29, 0.717) is 11.3 Å². The molecule has 23 heavy (non-hydrogen) atoms. The van der Waals surface area contributed by atoms with Crippen molar-refractivity contribution in [3.63, 3.8) is 0 Å². The van der Waals surface area contributed by atoms with Gasteiger partial charge >= 0.3 is 0 Å². The highest BCUT2D eigenvalue weighted by Gasteiger charge is 2.17. The van der Waals surface area contributed by atoms with Crippen molar-refractivity contribution < 1.29 is 4.92 Å². The van der Waals surface area contributed by atoms with Crippen molar-refractivity contribution in [3.05, 3.63) is 39.4 Å². The van der Waals surface area contributed by atoms with E-state index in [1.165, 1.54) is 18.2 Å². The van der Waals surface area contributed by atoms with Gasteiger partial charge in [0.2, 0.25) is 11.9 Å². The van der Waals surface area contributed by atoms with Gasteiger partial charge in [0.05, 0.1) is 21.9 Å². The summed E-state index contributed by atoms with van der Waals surface area (Å²) in [7, 11) is 0. The second-order valence-electron chi connectivity index (χ2n) is 4.41. The van der Waals surface area contributed by atoms with E-state index in [1.54, 1.807) is 13.8 Å². The first-order chi connectivity index (χ1) is 10.7. The quantitative estimate of drug-likeness (QED) is 0.246. The molecule has 0 bridgehead atoms. The molecule has 0 spiro atoms. The molecule has 1 aromatic rings. The summed E-state index contributed by atoms with van der Waals surface area (Å²) in [5, 5.41) is 25.7. The summed E-state index contributed by atoms with van der Waals surface area (Å²) < 4.78 is 0. The number of benzene rings is 1. The van der Waals surface area contributed by atoms with Crippen LogP contribution in [0.1, 0.15) is 25.0 Å². The lowest BCUT2D eigenvalue weighted by atomic mass is 10.0. The highest BCUT2D eigenvalue weighted by Crippen LogP contribution is 2.21. The van der Waals surface area contributed by atoms with Crippen molar-refractivity contribution in [1.82, 2.24) is 0 Å². The van der Waals surface area contributed by atoms with Crippen LogP contribution < -0.4 is 22.9 Å². The van der Waals surface area contributed by atoms with Gasteiger partial charge in [0, 0.05) is 6.07 Å². The van der Waals surface area contributed by atoms with Crippen molar-refractivity contribution >= 4 is 29.0 Å². The van der Waals surface area contributed by atoms with E-state index >= 15 is 0 Å². The zero-order valence-corrected chi connectivity index (χ0v) is 12.6. The van der Waals surface area contributed by atoms with Gasteiger partial charge in [0.1, 0.15) is 0 Å². The molecule has 0 saturated carbocycles. The lowest BCUT2D eigenvalue weighted by molar-refractivity contribution is -0.385. The summed E-state index contributed by atoms with van der Waals surface area (Å²) in [5.74, 6) is -0.453. The summed E-state index contributed by atoms with van der Waals surface area (Å²) in [6.45, 7) is 3.20. The van der Waals surface area contributed by atoms with Crippen LogP contribution in [0.4, 0.5) is 5.69 Å². The Kier molecular flexibility index (Phi) is 5.72. The largest absolute Gasteiger partial charge is 0.369 e. The van der Waals surface area contributed by atoms with E-state index in [4.69, 9.17) is 22.9 Å². The minimum Gasteiger partial charge on any atom is -0.369 e. The van der Waals surface area contributed by atoms with Gasteiger partial charge in [-0.2, -0.15) is 10.2 Å². The van der Waals surface area contributed by atoms with Crippen molar-refractivity contribution in [1.29, 1.82) is 0 Å². The van der Waals surface area contributed by atoms with Crippen LogP contribution in [0.15, 0.2) is 38.6 Å². The number of hydrogen-bond acceptors (Lipinski definition) is 6. The summed E-state index contributed by atoms with van der Waals surface area (Å²) in [5.41, 5.74) is 22.2. The lowest BCUT2D eigenvalue weighted by Gasteiger charge is -2.05. The van der Waals surface area contributed by atoms with Gasteiger partial charge in [0.15, 0.2) is 0 Å². The Morgan fingerprint density at radius 3 is 1.96 bits per heavy atom. The van der Waals surface area contributed by atoms with Crippen molar-refractivity contribution in [3.8, 4) is 0 Å². The van der Waals surface area contributed by atoms with E-state index < -0.39 is 4.92 Å². The molecule has 8 N–H and O–H groups in total. The second kappa shape index (κ2) is 7.49. The number of nitro benzene ring substituents is 1. The molecule has 0 aliphatic carbocycles. The molecule has 1 aromatic carbocycles. The molecule has 0 amide bonds. The number of guanidine groups is 2. The van der Waals surface area contributed by atoms with E-state index in [1.807, 2.05) is 0 Å². The fourth-order valence-corrected chi connectivity index (χ4v) is 1.59. The van der Waals surface area contributed by atoms with Crippen molar-refractivity contribution in [2.45, 2.75) is 13.8 Å². The third kappa shape index (κ3) is 5.08. The van der Waals surface area contributed by atoms with Crippen LogP contribution in [0.5, 0.6) is 0 Å². The van der Waals surface area contributed by atoms with Gasteiger partial charge in [-0.25, -0.2) is 0 Å². The number of hydrogen-bond donors (Lipinski definition) is 4. The highest BCUT2D eigenvalue weighted by molar-refractivity contribution is 6.06. The Hall–Kier alpha value is -3.50. The molecule has 0 saturated heterocycles. The van der Waals surface area contributed by atoms with E-state index in [-0.39, 0.29) is 28.9 Å². The maximum atomic E-state index is 11.1. The monoisotopic (exact) mass is 319 g/mol. The Bertz CT molecular complexity index is 726.